The van der Waals surface area contributed by atoms with Crippen molar-refractivity contribution in [1.29, 1.82) is 0 Å². The number of amidine groups is 1. The van der Waals surface area contributed by atoms with Gasteiger partial charge in [-0.25, -0.2) is 9.79 Å². The number of nitrogens with one attached hydrogen (secondary N) is 1. The highest BCUT2D eigenvalue weighted by Crippen LogP contribution is 2.19. The lowest BCUT2D eigenvalue weighted by molar-refractivity contribution is -0.137. The summed E-state index contributed by atoms with van der Waals surface area (Å²) in [6.45, 7) is 0. The zero-order valence-electron chi connectivity index (χ0n) is 7.75. The fourth-order valence-corrected chi connectivity index (χ4v) is 2.05. The molecule has 5 nitrogen and oxygen atoms in total. The van der Waals surface area contributed by atoms with Gasteiger partial charge in [-0.05, 0) is 12.1 Å². The van der Waals surface area contributed by atoms with E-state index in [4.69, 9.17) is 5.11 Å². The third-order valence-electron chi connectivity index (χ3n) is 1.85. The van der Waals surface area contributed by atoms with Gasteiger partial charge < -0.3 is 10.4 Å². The summed E-state index contributed by atoms with van der Waals surface area (Å²) in [5.41, 5.74) is 0.815. The van der Waals surface area contributed by atoms with Crippen LogP contribution in [0.25, 0.3) is 0 Å². The highest BCUT2D eigenvalue weighted by Gasteiger charge is 2.24. The lowest BCUT2D eigenvalue weighted by Crippen LogP contribution is -2.17. The Morgan fingerprint density at radius 2 is 2.53 bits per heavy atom. The Morgan fingerprint density at radius 1 is 1.67 bits per heavy atom. The van der Waals surface area contributed by atoms with Crippen LogP contribution in [0.15, 0.2) is 29.5 Å². The molecule has 0 saturated heterocycles. The lowest BCUT2D eigenvalue weighted by atomic mass is 10.4. The van der Waals surface area contributed by atoms with Crippen LogP contribution in [-0.2, 0) is 4.79 Å². The van der Waals surface area contributed by atoms with Crippen molar-refractivity contribution < 1.29 is 9.90 Å². The maximum absolute atomic E-state index is 10.6. The summed E-state index contributed by atoms with van der Waals surface area (Å²) in [4.78, 5) is 18.6. The van der Waals surface area contributed by atoms with E-state index in [0.717, 1.165) is 5.69 Å². The van der Waals surface area contributed by atoms with Crippen LogP contribution in [0.5, 0.6) is 0 Å². The first-order valence-corrected chi connectivity index (χ1v) is 5.35. The number of nitrogens with zero attached hydrogens (tertiary/aromatic N) is 2. The van der Waals surface area contributed by atoms with Crippen LogP contribution < -0.4 is 5.32 Å². The average Bonchev–Trinajstić information content (AvgIpc) is 2.68. The summed E-state index contributed by atoms with van der Waals surface area (Å²) in [5.74, 6) is -0.400. The molecule has 1 aliphatic heterocycles. The first kappa shape index (κ1) is 9.97. The Bertz CT molecular complexity index is 394. The van der Waals surface area contributed by atoms with Crippen LogP contribution in [0, 0.1) is 0 Å². The van der Waals surface area contributed by atoms with Crippen LogP contribution in [0.2, 0.25) is 0 Å². The number of pyridine rings is 1. The van der Waals surface area contributed by atoms with E-state index in [2.05, 4.69) is 15.3 Å². The Kier molecular flexibility index (Phi) is 2.86. The molecule has 0 fully saturated rings. The van der Waals surface area contributed by atoms with E-state index in [0.29, 0.717) is 10.9 Å². The maximum atomic E-state index is 10.6. The number of carbonyl (C=O) groups is 1. The van der Waals surface area contributed by atoms with Crippen molar-refractivity contribution in [2.24, 2.45) is 4.99 Å². The monoisotopic (exact) mass is 223 g/mol. The fraction of sp³-hybridized carbons (Fsp3) is 0.222. The molecule has 0 radical (unpaired) electrons. The molecule has 0 aliphatic carbocycles. The van der Waals surface area contributed by atoms with Gasteiger partial charge in [-0.1, -0.05) is 11.8 Å². The van der Waals surface area contributed by atoms with Crippen molar-refractivity contribution in [3.05, 3.63) is 24.5 Å². The van der Waals surface area contributed by atoms with Gasteiger partial charge in [0.05, 0.1) is 11.9 Å². The Labute approximate surface area is 90.6 Å². The van der Waals surface area contributed by atoms with E-state index >= 15 is 0 Å². The average molecular weight is 223 g/mol. The Balaban J connectivity index is 2.03. The number of aliphatic imine (C=N–C) groups is 1. The minimum atomic E-state index is -0.884. The topological polar surface area (TPSA) is 74.6 Å². The lowest BCUT2D eigenvalue weighted by Gasteiger charge is -2.02. The van der Waals surface area contributed by atoms with E-state index < -0.39 is 12.0 Å². The maximum Gasteiger partial charge on any atom is 0.329 e. The van der Waals surface area contributed by atoms with Gasteiger partial charge in [0, 0.05) is 11.9 Å². The molecule has 0 bridgehead atoms. The first-order valence-electron chi connectivity index (χ1n) is 4.36. The number of aliphatic carboxylic acids is 1. The molecule has 2 heterocycles. The number of hydrogen-bond donors (Lipinski definition) is 2. The van der Waals surface area contributed by atoms with E-state index in [1.807, 2.05) is 6.07 Å². The van der Waals surface area contributed by atoms with E-state index in [1.165, 1.54) is 11.8 Å². The van der Waals surface area contributed by atoms with Gasteiger partial charge in [0.15, 0.2) is 11.2 Å². The zero-order valence-corrected chi connectivity index (χ0v) is 8.57. The van der Waals surface area contributed by atoms with Crippen molar-refractivity contribution >= 4 is 28.6 Å². The predicted molar refractivity (Wildman–Crippen MR) is 59.2 cm³/mol. The molecule has 2 N–H and O–H groups in total. The molecule has 0 saturated carbocycles. The molecule has 1 aromatic rings. The van der Waals surface area contributed by atoms with Crippen molar-refractivity contribution in [3.63, 3.8) is 0 Å². The largest absolute Gasteiger partial charge is 0.480 e. The van der Waals surface area contributed by atoms with Crippen LogP contribution in [0.4, 0.5) is 5.69 Å². The second-order valence-electron chi connectivity index (χ2n) is 2.97. The Morgan fingerprint density at radius 3 is 3.13 bits per heavy atom. The molecule has 1 unspecified atom stereocenters. The van der Waals surface area contributed by atoms with E-state index in [1.54, 1.807) is 18.5 Å². The molecule has 1 aliphatic rings. The molecule has 1 aromatic heterocycles. The van der Waals surface area contributed by atoms with Gasteiger partial charge in [0.2, 0.25) is 0 Å². The van der Waals surface area contributed by atoms with Crippen LogP contribution in [0.1, 0.15) is 0 Å². The Hall–Kier alpha value is -1.56. The molecule has 0 spiro atoms. The third-order valence-corrected chi connectivity index (χ3v) is 2.81. The van der Waals surface area contributed by atoms with Crippen molar-refractivity contribution in [1.82, 2.24) is 4.98 Å². The molecule has 1 atom stereocenters. The van der Waals surface area contributed by atoms with Crippen LogP contribution in [0.3, 0.4) is 0 Å². The number of thioether (sulfide) groups is 1. The highest BCUT2D eigenvalue weighted by atomic mass is 32.2. The van der Waals surface area contributed by atoms with Gasteiger partial charge in [0.25, 0.3) is 0 Å². The van der Waals surface area contributed by atoms with E-state index in [9.17, 15) is 4.79 Å². The second kappa shape index (κ2) is 4.31. The smallest absolute Gasteiger partial charge is 0.329 e. The molecule has 0 aromatic carbocycles. The molecule has 2 rings (SSSR count). The molecular weight excluding hydrogens is 214 g/mol. The zero-order chi connectivity index (χ0) is 10.7. The number of hydrogen-bond acceptors (Lipinski definition) is 5. The van der Waals surface area contributed by atoms with Crippen molar-refractivity contribution in [2.45, 2.75) is 6.04 Å². The minimum absolute atomic E-state index is 0.484. The van der Waals surface area contributed by atoms with Crippen LogP contribution in [-0.4, -0.2) is 33.0 Å². The van der Waals surface area contributed by atoms with Gasteiger partial charge >= 0.3 is 5.97 Å². The minimum Gasteiger partial charge on any atom is -0.480 e. The molecule has 15 heavy (non-hydrogen) atoms. The van der Waals surface area contributed by atoms with Gasteiger partial charge in [0.1, 0.15) is 0 Å². The SMILES string of the molecule is O=C(O)C1CSC(Nc2cccnc2)=N1. The summed E-state index contributed by atoms with van der Waals surface area (Å²) < 4.78 is 0. The number of carboxylic acid groups (broad SMARTS) is 1. The molecule has 78 valence electrons. The number of carboxylic acids is 1. The number of rotatable bonds is 2. The third kappa shape index (κ3) is 2.47. The van der Waals surface area contributed by atoms with Crippen LogP contribution >= 0.6 is 11.8 Å². The molecule has 0 amide bonds. The molecule has 6 heteroatoms. The van der Waals surface area contributed by atoms with E-state index in [-0.39, 0.29) is 0 Å². The summed E-state index contributed by atoms with van der Waals surface area (Å²) in [6.07, 6.45) is 3.34. The van der Waals surface area contributed by atoms with Gasteiger partial charge in [-0.2, -0.15) is 0 Å². The summed E-state index contributed by atoms with van der Waals surface area (Å²) in [7, 11) is 0. The first-order chi connectivity index (χ1) is 7.25. The van der Waals surface area contributed by atoms with Gasteiger partial charge in [-0.3, -0.25) is 4.98 Å². The molecular formula is C9H9N3O2S. The second-order valence-corrected chi connectivity index (χ2v) is 3.97. The number of anilines is 1. The summed E-state index contributed by atoms with van der Waals surface area (Å²) in [5, 5.41) is 12.4. The number of aromatic nitrogens is 1. The predicted octanol–water partition coefficient (Wildman–Crippen LogP) is 1.05. The summed E-state index contributed by atoms with van der Waals surface area (Å²) in [6, 6.07) is 3.02. The normalized spacial score (nSPS) is 19.7. The summed E-state index contributed by atoms with van der Waals surface area (Å²) >= 11 is 1.40. The fourth-order valence-electron chi connectivity index (χ4n) is 1.13. The highest BCUT2D eigenvalue weighted by molar-refractivity contribution is 8.14. The van der Waals surface area contributed by atoms with Crippen molar-refractivity contribution in [3.8, 4) is 0 Å². The van der Waals surface area contributed by atoms with Gasteiger partial charge in [-0.15, -0.1) is 0 Å². The van der Waals surface area contributed by atoms with Crippen molar-refractivity contribution in [2.75, 3.05) is 11.1 Å². The standard InChI is InChI=1S/C9H9N3O2S/c13-8(14)7-5-15-9(12-7)11-6-2-1-3-10-4-6/h1-4,7H,5H2,(H,11,12)(H,13,14). The quantitative estimate of drug-likeness (QED) is 0.783.